The van der Waals surface area contributed by atoms with Gasteiger partial charge in [0.25, 0.3) is 0 Å². The summed E-state index contributed by atoms with van der Waals surface area (Å²) in [5.41, 5.74) is -0.142. The third-order valence-electron chi connectivity index (χ3n) is 4.11. The molecule has 0 aromatic heterocycles. The molecular formula is C15H17NO4. The molecule has 106 valence electrons. The van der Waals surface area contributed by atoms with Gasteiger partial charge < -0.3 is 5.11 Å². The van der Waals surface area contributed by atoms with Crippen LogP contribution in [0.5, 0.6) is 0 Å². The number of carboxylic acid groups (broad SMARTS) is 1. The third-order valence-corrected chi connectivity index (χ3v) is 4.11. The lowest BCUT2D eigenvalue weighted by molar-refractivity contribution is -0.126. The number of amides is 2. The lowest BCUT2D eigenvalue weighted by atomic mass is 9.78. The highest BCUT2D eigenvalue weighted by atomic mass is 16.4. The summed E-state index contributed by atoms with van der Waals surface area (Å²) < 4.78 is 0. The molecule has 1 aliphatic heterocycles. The van der Waals surface area contributed by atoms with Crippen molar-refractivity contribution in [3.8, 4) is 0 Å². The summed E-state index contributed by atoms with van der Waals surface area (Å²) in [7, 11) is 0. The Morgan fingerprint density at radius 2 is 1.80 bits per heavy atom. The van der Waals surface area contributed by atoms with Gasteiger partial charge in [0, 0.05) is 6.42 Å². The van der Waals surface area contributed by atoms with Crippen LogP contribution in [0.4, 0.5) is 5.69 Å². The molecule has 5 heteroatoms. The molecule has 1 aromatic carbocycles. The molecule has 0 radical (unpaired) electrons. The van der Waals surface area contributed by atoms with Crippen LogP contribution < -0.4 is 4.90 Å². The minimum Gasteiger partial charge on any atom is -0.478 e. The second-order valence-electron chi connectivity index (χ2n) is 5.64. The SMILES string of the molecule is CC(C)[C@]1(C)CC(=O)N(c2ccc(C(=O)O)cc2)C1=O. The summed E-state index contributed by atoms with van der Waals surface area (Å²) in [6.07, 6.45) is 0.185. The highest BCUT2D eigenvalue weighted by Crippen LogP contribution is 2.41. The Kier molecular flexibility index (Phi) is 3.38. The summed E-state index contributed by atoms with van der Waals surface area (Å²) in [4.78, 5) is 36.6. The van der Waals surface area contributed by atoms with E-state index >= 15 is 0 Å². The number of anilines is 1. The van der Waals surface area contributed by atoms with E-state index in [0.29, 0.717) is 5.69 Å². The molecule has 0 spiro atoms. The number of carbonyl (C=O) groups excluding carboxylic acids is 2. The van der Waals surface area contributed by atoms with Crippen molar-refractivity contribution in [3.63, 3.8) is 0 Å². The predicted octanol–water partition coefficient (Wildman–Crippen LogP) is 2.31. The van der Waals surface area contributed by atoms with Crippen LogP contribution >= 0.6 is 0 Å². The van der Waals surface area contributed by atoms with Crippen LogP contribution in [-0.4, -0.2) is 22.9 Å². The van der Waals surface area contributed by atoms with Crippen LogP contribution in [0.3, 0.4) is 0 Å². The molecule has 1 heterocycles. The molecule has 0 aliphatic carbocycles. The monoisotopic (exact) mass is 275 g/mol. The average Bonchev–Trinajstić information content (AvgIpc) is 2.61. The molecule has 2 rings (SSSR count). The minimum absolute atomic E-state index is 0.0576. The molecule has 1 aromatic rings. The number of nitrogens with zero attached hydrogens (tertiary/aromatic N) is 1. The van der Waals surface area contributed by atoms with Crippen LogP contribution in [-0.2, 0) is 9.59 Å². The first-order chi connectivity index (χ1) is 9.27. The molecule has 0 saturated carbocycles. The molecule has 0 bridgehead atoms. The standard InChI is InChI=1S/C15H17NO4/c1-9(2)15(3)8-12(17)16(14(15)20)11-6-4-10(5-7-11)13(18)19/h4-7,9H,8H2,1-3H3,(H,18,19)/t15-/m0/s1. The Bertz CT molecular complexity index is 576. The highest BCUT2D eigenvalue weighted by molar-refractivity contribution is 6.22. The minimum atomic E-state index is -1.04. The van der Waals surface area contributed by atoms with Crippen molar-refractivity contribution in [2.75, 3.05) is 4.90 Å². The quantitative estimate of drug-likeness (QED) is 0.859. The van der Waals surface area contributed by atoms with Crippen molar-refractivity contribution < 1.29 is 19.5 Å². The summed E-state index contributed by atoms with van der Waals surface area (Å²) in [6.45, 7) is 5.63. The second kappa shape index (κ2) is 4.74. The number of carboxylic acids is 1. The number of hydrogen-bond acceptors (Lipinski definition) is 3. The van der Waals surface area contributed by atoms with E-state index in [1.54, 1.807) is 6.92 Å². The number of benzene rings is 1. The Balaban J connectivity index is 2.36. The fraction of sp³-hybridized carbons (Fsp3) is 0.400. The van der Waals surface area contributed by atoms with E-state index < -0.39 is 11.4 Å². The molecule has 0 unspecified atom stereocenters. The van der Waals surface area contributed by atoms with Gasteiger partial charge in [-0.05, 0) is 37.1 Å². The van der Waals surface area contributed by atoms with E-state index in [9.17, 15) is 14.4 Å². The van der Waals surface area contributed by atoms with Crippen LogP contribution in [0.15, 0.2) is 24.3 Å². The number of carbonyl (C=O) groups is 3. The zero-order chi connectivity index (χ0) is 15.1. The highest BCUT2D eigenvalue weighted by Gasteiger charge is 2.50. The molecular weight excluding hydrogens is 258 g/mol. The normalized spacial score (nSPS) is 22.7. The first kappa shape index (κ1) is 14.2. The lowest BCUT2D eigenvalue weighted by Gasteiger charge is -2.26. The predicted molar refractivity (Wildman–Crippen MR) is 73.5 cm³/mol. The maximum Gasteiger partial charge on any atom is 0.335 e. The Labute approximate surface area is 117 Å². The van der Waals surface area contributed by atoms with Gasteiger partial charge in [0.2, 0.25) is 11.8 Å². The van der Waals surface area contributed by atoms with E-state index in [1.807, 2.05) is 13.8 Å². The van der Waals surface area contributed by atoms with E-state index in [1.165, 1.54) is 24.3 Å². The fourth-order valence-corrected chi connectivity index (χ4v) is 2.30. The fourth-order valence-electron chi connectivity index (χ4n) is 2.30. The van der Waals surface area contributed by atoms with Crippen LogP contribution in [0, 0.1) is 11.3 Å². The van der Waals surface area contributed by atoms with Gasteiger partial charge in [-0.2, -0.15) is 0 Å². The largest absolute Gasteiger partial charge is 0.478 e. The van der Waals surface area contributed by atoms with Gasteiger partial charge >= 0.3 is 5.97 Å². The maximum absolute atomic E-state index is 12.5. The number of hydrogen-bond donors (Lipinski definition) is 1. The van der Waals surface area contributed by atoms with Crippen molar-refractivity contribution in [1.82, 2.24) is 0 Å². The molecule has 2 amide bonds. The van der Waals surface area contributed by atoms with Crippen molar-refractivity contribution in [1.29, 1.82) is 0 Å². The first-order valence-corrected chi connectivity index (χ1v) is 6.48. The first-order valence-electron chi connectivity index (χ1n) is 6.48. The van der Waals surface area contributed by atoms with Gasteiger partial charge in [0.05, 0.1) is 16.7 Å². The topological polar surface area (TPSA) is 74.7 Å². The number of rotatable bonds is 3. The second-order valence-corrected chi connectivity index (χ2v) is 5.64. The summed E-state index contributed by atoms with van der Waals surface area (Å²) >= 11 is 0. The van der Waals surface area contributed by atoms with Gasteiger partial charge in [-0.1, -0.05) is 13.8 Å². The molecule has 1 N–H and O–H groups in total. The maximum atomic E-state index is 12.5. The summed E-state index contributed by atoms with van der Waals surface area (Å²) in [5, 5.41) is 8.85. The summed E-state index contributed by atoms with van der Waals surface area (Å²) in [5.74, 6) is -1.44. The third kappa shape index (κ3) is 2.09. The molecule has 1 fully saturated rings. The van der Waals surface area contributed by atoms with E-state index in [2.05, 4.69) is 0 Å². The summed E-state index contributed by atoms with van der Waals surface area (Å²) in [6, 6.07) is 5.77. The smallest absolute Gasteiger partial charge is 0.335 e. The lowest BCUT2D eigenvalue weighted by Crippen LogP contribution is -2.36. The molecule has 1 aliphatic rings. The zero-order valence-electron chi connectivity index (χ0n) is 11.7. The van der Waals surface area contributed by atoms with Crippen LogP contribution in [0.1, 0.15) is 37.6 Å². The molecule has 1 saturated heterocycles. The van der Waals surface area contributed by atoms with Gasteiger partial charge in [-0.15, -0.1) is 0 Å². The van der Waals surface area contributed by atoms with Crippen LogP contribution in [0.2, 0.25) is 0 Å². The van der Waals surface area contributed by atoms with Crippen molar-refractivity contribution in [2.24, 2.45) is 11.3 Å². The molecule has 5 nitrogen and oxygen atoms in total. The van der Waals surface area contributed by atoms with Gasteiger partial charge in [0.15, 0.2) is 0 Å². The Hall–Kier alpha value is -2.17. The number of aromatic carboxylic acids is 1. The van der Waals surface area contributed by atoms with Crippen LogP contribution in [0.25, 0.3) is 0 Å². The van der Waals surface area contributed by atoms with E-state index in [4.69, 9.17) is 5.11 Å². The van der Waals surface area contributed by atoms with Gasteiger partial charge in [0.1, 0.15) is 0 Å². The molecule has 1 atom stereocenters. The van der Waals surface area contributed by atoms with Crippen molar-refractivity contribution in [3.05, 3.63) is 29.8 Å². The van der Waals surface area contributed by atoms with Gasteiger partial charge in [-0.3, -0.25) is 14.5 Å². The Morgan fingerprint density at radius 1 is 1.25 bits per heavy atom. The Morgan fingerprint density at radius 3 is 2.20 bits per heavy atom. The van der Waals surface area contributed by atoms with Crippen molar-refractivity contribution in [2.45, 2.75) is 27.2 Å². The van der Waals surface area contributed by atoms with Crippen molar-refractivity contribution >= 4 is 23.5 Å². The van der Waals surface area contributed by atoms with E-state index in [-0.39, 0.29) is 29.7 Å². The average molecular weight is 275 g/mol. The van der Waals surface area contributed by atoms with E-state index in [0.717, 1.165) is 4.90 Å². The van der Waals surface area contributed by atoms with Gasteiger partial charge in [-0.25, -0.2) is 4.79 Å². The zero-order valence-corrected chi connectivity index (χ0v) is 11.7. The molecule has 20 heavy (non-hydrogen) atoms. The number of imide groups is 1.